The molecule has 1 amide bonds. The van der Waals surface area contributed by atoms with Crippen LogP contribution in [-0.2, 0) is 11.3 Å². The number of guanidine groups is 1. The van der Waals surface area contributed by atoms with Crippen LogP contribution in [-0.4, -0.2) is 32.0 Å². The molecular weight excluding hydrogens is 324 g/mol. The van der Waals surface area contributed by atoms with E-state index in [0.29, 0.717) is 6.42 Å². The van der Waals surface area contributed by atoms with Gasteiger partial charge in [-0.3, -0.25) is 9.79 Å². The molecule has 1 aliphatic heterocycles. The summed E-state index contributed by atoms with van der Waals surface area (Å²) in [5, 5.41) is 6.75. The van der Waals surface area contributed by atoms with Crippen molar-refractivity contribution in [3.63, 3.8) is 0 Å². The molecule has 1 aliphatic carbocycles. The number of allylic oxidation sites excluding steroid dienone is 1. The lowest BCUT2D eigenvalue weighted by Crippen LogP contribution is -2.37. The van der Waals surface area contributed by atoms with Gasteiger partial charge < -0.3 is 15.5 Å². The summed E-state index contributed by atoms with van der Waals surface area (Å²) < 4.78 is 0. The quantitative estimate of drug-likeness (QED) is 0.468. The van der Waals surface area contributed by atoms with Crippen molar-refractivity contribution in [3.05, 3.63) is 41.5 Å². The molecule has 0 saturated carbocycles. The predicted molar refractivity (Wildman–Crippen MR) is 107 cm³/mol. The lowest BCUT2D eigenvalue weighted by atomic mass is 9.97. The summed E-state index contributed by atoms with van der Waals surface area (Å²) in [6, 6.07) is 8.22. The molecule has 1 aromatic carbocycles. The third-order valence-electron chi connectivity index (χ3n) is 5.13. The van der Waals surface area contributed by atoms with Crippen molar-refractivity contribution in [1.29, 1.82) is 0 Å². The molecule has 0 aromatic heterocycles. The highest BCUT2D eigenvalue weighted by atomic mass is 16.2. The molecule has 5 heteroatoms. The molecular formula is C21H30N4O. The van der Waals surface area contributed by atoms with Crippen molar-refractivity contribution < 1.29 is 4.79 Å². The Bertz CT molecular complexity index is 663. The van der Waals surface area contributed by atoms with Crippen LogP contribution in [0.3, 0.4) is 0 Å². The smallest absolute Gasteiger partial charge is 0.227 e. The summed E-state index contributed by atoms with van der Waals surface area (Å²) in [6.45, 7) is 2.47. The Kier molecular flexibility index (Phi) is 6.69. The SMILES string of the molecule is CN=C(NCCC1=CCCCC1)NCc1ccc(N2CCCC2=O)cc1. The maximum absolute atomic E-state index is 11.8. The van der Waals surface area contributed by atoms with E-state index in [1.165, 1.54) is 31.2 Å². The molecule has 2 N–H and O–H groups in total. The summed E-state index contributed by atoms with van der Waals surface area (Å²) >= 11 is 0. The molecule has 0 spiro atoms. The van der Waals surface area contributed by atoms with Gasteiger partial charge >= 0.3 is 0 Å². The fraction of sp³-hybridized carbons (Fsp3) is 0.524. The molecule has 5 nitrogen and oxygen atoms in total. The number of nitrogens with zero attached hydrogens (tertiary/aromatic N) is 2. The minimum Gasteiger partial charge on any atom is -0.356 e. The molecule has 0 atom stereocenters. The van der Waals surface area contributed by atoms with Gasteiger partial charge in [0.05, 0.1) is 0 Å². The zero-order chi connectivity index (χ0) is 18.2. The van der Waals surface area contributed by atoms with Crippen molar-refractivity contribution in [2.24, 2.45) is 4.99 Å². The van der Waals surface area contributed by atoms with Gasteiger partial charge in [-0.2, -0.15) is 0 Å². The topological polar surface area (TPSA) is 56.7 Å². The summed E-state index contributed by atoms with van der Waals surface area (Å²) in [7, 11) is 1.80. The van der Waals surface area contributed by atoms with E-state index in [2.05, 4.69) is 33.8 Å². The van der Waals surface area contributed by atoms with Gasteiger partial charge in [0, 0.05) is 38.8 Å². The maximum atomic E-state index is 11.8. The van der Waals surface area contributed by atoms with E-state index in [0.717, 1.165) is 44.1 Å². The predicted octanol–water partition coefficient (Wildman–Crippen LogP) is 3.37. The Hall–Kier alpha value is -2.30. The number of hydrogen-bond acceptors (Lipinski definition) is 2. The molecule has 140 valence electrons. The van der Waals surface area contributed by atoms with Crippen molar-refractivity contribution in [2.45, 2.75) is 51.5 Å². The van der Waals surface area contributed by atoms with Gasteiger partial charge in [-0.15, -0.1) is 0 Å². The number of hydrogen-bond donors (Lipinski definition) is 2. The van der Waals surface area contributed by atoms with Crippen LogP contribution in [0.25, 0.3) is 0 Å². The molecule has 1 saturated heterocycles. The monoisotopic (exact) mass is 354 g/mol. The van der Waals surface area contributed by atoms with Gasteiger partial charge in [0.1, 0.15) is 0 Å². The number of anilines is 1. The number of carbonyl (C=O) groups is 1. The van der Waals surface area contributed by atoms with Crippen LogP contribution in [0.5, 0.6) is 0 Å². The Labute approximate surface area is 156 Å². The second kappa shape index (κ2) is 9.41. The minimum absolute atomic E-state index is 0.230. The standard InChI is InChI=1S/C21H30N4O/c1-22-21(23-14-13-17-6-3-2-4-7-17)24-16-18-9-11-19(12-10-18)25-15-5-8-20(25)26/h6,9-12H,2-5,7-8,13-16H2,1H3,(H2,22,23,24). The van der Waals surface area contributed by atoms with E-state index in [4.69, 9.17) is 0 Å². The largest absolute Gasteiger partial charge is 0.356 e. The number of benzene rings is 1. The lowest BCUT2D eigenvalue weighted by Gasteiger charge is -2.17. The molecule has 26 heavy (non-hydrogen) atoms. The van der Waals surface area contributed by atoms with Crippen LogP contribution in [0.1, 0.15) is 50.5 Å². The molecule has 0 radical (unpaired) electrons. The van der Waals surface area contributed by atoms with E-state index < -0.39 is 0 Å². The van der Waals surface area contributed by atoms with Crippen molar-refractivity contribution in [2.75, 3.05) is 25.0 Å². The first-order valence-corrected chi connectivity index (χ1v) is 9.78. The van der Waals surface area contributed by atoms with Gasteiger partial charge in [-0.25, -0.2) is 0 Å². The van der Waals surface area contributed by atoms with Crippen LogP contribution in [0, 0.1) is 0 Å². The Balaban J connectivity index is 1.43. The first-order valence-electron chi connectivity index (χ1n) is 9.78. The molecule has 2 aliphatic rings. The van der Waals surface area contributed by atoms with Gasteiger partial charge in [-0.05, 0) is 56.2 Å². The number of carbonyl (C=O) groups excluding carboxylic acids is 1. The fourth-order valence-corrected chi connectivity index (χ4v) is 3.59. The Morgan fingerprint density at radius 2 is 1.96 bits per heavy atom. The van der Waals surface area contributed by atoms with Gasteiger partial charge in [0.15, 0.2) is 5.96 Å². The third-order valence-corrected chi connectivity index (χ3v) is 5.13. The van der Waals surface area contributed by atoms with Crippen LogP contribution in [0.15, 0.2) is 40.9 Å². The number of rotatable bonds is 6. The molecule has 3 rings (SSSR count). The first-order chi connectivity index (χ1) is 12.8. The van der Waals surface area contributed by atoms with Crippen LogP contribution >= 0.6 is 0 Å². The van der Waals surface area contributed by atoms with E-state index in [9.17, 15) is 4.79 Å². The normalized spacial score (nSPS) is 18.0. The summed E-state index contributed by atoms with van der Waals surface area (Å²) in [6.07, 6.45) is 10.3. The second-order valence-corrected chi connectivity index (χ2v) is 7.03. The summed E-state index contributed by atoms with van der Waals surface area (Å²) in [5.41, 5.74) is 3.75. The summed E-state index contributed by atoms with van der Waals surface area (Å²) in [4.78, 5) is 18.0. The molecule has 0 unspecified atom stereocenters. The van der Waals surface area contributed by atoms with E-state index in [1.54, 1.807) is 12.6 Å². The average Bonchev–Trinajstić information content (AvgIpc) is 3.12. The molecule has 0 bridgehead atoms. The Morgan fingerprint density at radius 1 is 1.12 bits per heavy atom. The fourth-order valence-electron chi connectivity index (χ4n) is 3.59. The molecule has 1 aromatic rings. The maximum Gasteiger partial charge on any atom is 0.227 e. The van der Waals surface area contributed by atoms with Crippen molar-refractivity contribution >= 4 is 17.6 Å². The first kappa shape index (κ1) is 18.5. The number of nitrogens with one attached hydrogen (secondary N) is 2. The van der Waals surface area contributed by atoms with Crippen LogP contribution in [0.2, 0.25) is 0 Å². The van der Waals surface area contributed by atoms with Gasteiger partial charge in [0.2, 0.25) is 5.91 Å². The second-order valence-electron chi connectivity index (χ2n) is 7.03. The van der Waals surface area contributed by atoms with Crippen molar-refractivity contribution in [3.8, 4) is 0 Å². The van der Waals surface area contributed by atoms with Gasteiger partial charge in [-0.1, -0.05) is 23.8 Å². The van der Waals surface area contributed by atoms with Gasteiger partial charge in [0.25, 0.3) is 0 Å². The average molecular weight is 354 g/mol. The highest BCUT2D eigenvalue weighted by Gasteiger charge is 2.21. The lowest BCUT2D eigenvalue weighted by molar-refractivity contribution is -0.117. The molecule has 1 heterocycles. The van der Waals surface area contributed by atoms with Crippen molar-refractivity contribution in [1.82, 2.24) is 10.6 Å². The number of amides is 1. The van der Waals surface area contributed by atoms with E-state index >= 15 is 0 Å². The minimum atomic E-state index is 0.230. The van der Waals surface area contributed by atoms with Crippen LogP contribution in [0.4, 0.5) is 5.69 Å². The third kappa shape index (κ3) is 5.10. The molecule has 1 fully saturated rings. The highest BCUT2D eigenvalue weighted by molar-refractivity contribution is 5.95. The zero-order valence-corrected chi connectivity index (χ0v) is 15.8. The van der Waals surface area contributed by atoms with Crippen LogP contribution < -0.4 is 15.5 Å². The number of aliphatic imine (C=N–C) groups is 1. The summed E-state index contributed by atoms with van der Waals surface area (Å²) in [5.74, 6) is 1.06. The highest BCUT2D eigenvalue weighted by Crippen LogP contribution is 2.21. The zero-order valence-electron chi connectivity index (χ0n) is 15.8. The van der Waals surface area contributed by atoms with E-state index in [1.807, 2.05) is 17.0 Å². The van der Waals surface area contributed by atoms with E-state index in [-0.39, 0.29) is 5.91 Å². The Morgan fingerprint density at radius 3 is 2.62 bits per heavy atom.